The molecule has 3 heterocycles. The molecule has 1 aliphatic carbocycles. The molecular formula is C22H20N4S. The maximum atomic E-state index is 5.16. The molecule has 0 radical (unpaired) electrons. The SMILES string of the molecule is CC1Nc2ccc(-c3nc4ccc5[nH]ncc5c4c4c3CCCC4)cc2S1. The van der Waals surface area contributed by atoms with Crippen LogP contribution in [0.1, 0.15) is 30.9 Å². The minimum Gasteiger partial charge on any atom is -0.372 e. The van der Waals surface area contributed by atoms with Crippen molar-refractivity contribution >= 4 is 39.3 Å². The van der Waals surface area contributed by atoms with E-state index in [0.29, 0.717) is 5.37 Å². The first-order valence-corrected chi connectivity index (χ1v) is 10.5. The molecule has 1 aliphatic heterocycles. The summed E-state index contributed by atoms with van der Waals surface area (Å²) in [7, 11) is 0. The van der Waals surface area contributed by atoms with Gasteiger partial charge in [0.1, 0.15) is 0 Å². The Bertz CT molecular complexity index is 1210. The Kier molecular flexibility index (Phi) is 3.29. The van der Waals surface area contributed by atoms with Crippen LogP contribution in [0.5, 0.6) is 0 Å². The van der Waals surface area contributed by atoms with E-state index in [4.69, 9.17) is 4.98 Å². The number of fused-ring (bicyclic) bond motifs is 6. The van der Waals surface area contributed by atoms with E-state index in [-0.39, 0.29) is 0 Å². The van der Waals surface area contributed by atoms with Crippen molar-refractivity contribution in [2.75, 3.05) is 5.32 Å². The summed E-state index contributed by atoms with van der Waals surface area (Å²) in [5.74, 6) is 0. The second-order valence-corrected chi connectivity index (χ2v) is 8.91. The van der Waals surface area contributed by atoms with Gasteiger partial charge in [-0.1, -0.05) is 17.8 Å². The lowest BCUT2D eigenvalue weighted by Gasteiger charge is -2.22. The molecule has 0 bridgehead atoms. The lowest BCUT2D eigenvalue weighted by atomic mass is 9.85. The Labute approximate surface area is 161 Å². The molecular weight excluding hydrogens is 352 g/mol. The smallest absolute Gasteiger partial charge is 0.0744 e. The van der Waals surface area contributed by atoms with Crippen LogP contribution in [0.15, 0.2) is 41.4 Å². The number of nitrogens with one attached hydrogen (secondary N) is 2. The van der Waals surface area contributed by atoms with Gasteiger partial charge in [-0.15, -0.1) is 0 Å². The summed E-state index contributed by atoms with van der Waals surface area (Å²) < 4.78 is 0. The van der Waals surface area contributed by atoms with Crippen molar-refractivity contribution in [3.05, 3.63) is 47.7 Å². The molecule has 0 saturated carbocycles. The third-order valence-electron chi connectivity index (χ3n) is 5.81. The molecule has 1 atom stereocenters. The van der Waals surface area contributed by atoms with Crippen molar-refractivity contribution in [1.29, 1.82) is 0 Å². The lowest BCUT2D eigenvalue weighted by molar-refractivity contribution is 0.689. The van der Waals surface area contributed by atoms with Gasteiger partial charge in [0.15, 0.2) is 0 Å². The quantitative estimate of drug-likeness (QED) is 0.462. The highest BCUT2D eigenvalue weighted by Gasteiger charge is 2.23. The van der Waals surface area contributed by atoms with Gasteiger partial charge in [0, 0.05) is 26.9 Å². The number of hydrogen-bond acceptors (Lipinski definition) is 4. The van der Waals surface area contributed by atoms with E-state index in [1.165, 1.54) is 56.6 Å². The van der Waals surface area contributed by atoms with Crippen molar-refractivity contribution in [3.63, 3.8) is 0 Å². The van der Waals surface area contributed by atoms with Gasteiger partial charge >= 0.3 is 0 Å². The highest BCUT2D eigenvalue weighted by Crippen LogP contribution is 2.42. The van der Waals surface area contributed by atoms with Crippen LogP contribution in [0.4, 0.5) is 5.69 Å². The van der Waals surface area contributed by atoms with Gasteiger partial charge < -0.3 is 5.32 Å². The standard InChI is InChI=1S/C22H20N4S/c1-12-24-18-7-6-13(10-20(18)27-12)22-15-5-3-2-4-14(15)21-16-11-23-26-17(16)8-9-19(21)25-22/h6-12,24H,2-5H2,1H3,(H,23,26). The number of H-pyrrole nitrogens is 1. The number of hydrogen-bond donors (Lipinski definition) is 2. The van der Waals surface area contributed by atoms with Crippen molar-refractivity contribution in [2.24, 2.45) is 0 Å². The van der Waals surface area contributed by atoms with E-state index in [9.17, 15) is 0 Å². The number of nitrogens with zero attached hydrogens (tertiary/aromatic N) is 2. The molecule has 27 heavy (non-hydrogen) atoms. The first-order valence-electron chi connectivity index (χ1n) is 9.63. The summed E-state index contributed by atoms with van der Waals surface area (Å²) in [6.45, 7) is 2.21. The Morgan fingerprint density at radius 2 is 1.96 bits per heavy atom. The average molecular weight is 372 g/mol. The van der Waals surface area contributed by atoms with Crippen LogP contribution >= 0.6 is 11.8 Å². The molecule has 4 nitrogen and oxygen atoms in total. The van der Waals surface area contributed by atoms with Gasteiger partial charge in [0.25, 0.3) is 0 Å². The highest BCUT2D eigenvalue weighted by molar-refractivity contribution is 8.00. The second kappa shape index (κ2) is 5.73. The van der Waals surface area contributed by atoms with Crippen LogP contribution in [-0.2, 0) is 12.8 Å². The molecule has 0 saturated heterocycles. The molecule has 2 aromatic carbocycles. The largest absolute Gasteiger partial charge is 0.372 e. The Hall–Kier alpha value is -2.53. The summed E-state index contributed by atoms with van der Waals surface area (Å²) in [6.07, 6.45) is 6.69. The molecule has 2 aromatic heterocycles. The molecule has 5 heteroatoms. The summed E-state index contributed by atoms with van der Waals surface area (Å²) in [4.78, 5) is 6.49. The minimum absolute atomic E-state index is 0.433. The predicted molar refractivity (Wildman–Crippen MR) is 112 cm³/mol. The fourth-order valence-corrected chi connectivity index (χ4v) is 5.63. The van der Waals surface area contributed by atoms with Crippen molar-refractivity contribution in [3.8, 4) is 11.3 Å². The van der Waals surface area contributed by atoms with Crippen LogP contribution in [0.3, 0.4) is 0 Å². The maximum Gasteiger partial charge on any atom is 0.0744 e. The third-order valence-corrected chi connectivity index (χ3v) is 6.87. The topological polar surface area (TPSA) is 53.6 Å². The molecule has 2 N–H and O–H groups in total. The zero-order valence-electron chi connectivity index (χ0n) is 15.2. The monoisotopic (exact) mass is 372 g/mol. The van der Waals surface area contributed by atoms with E-state index in [0.717, 1.165) is 23.9 Å². The maximum absolute atomic E-state index is 5.16. The first-order chi connectivity index (χ1) is 13.3. The number of aryl methyl sites for hydroxylation is 1. The number of benzene rings is 2. The summed E-state index contributed by atoms with van der Waals surface area (Å²) in [5.41, 5.74) is 8.75. The van der Waals surface area contributed by atoms with Crippen LogP contribution in [0.2, 0.25) is 0 Å². The zero-order chi connectivity index (χ0) is 18.0. The summed E-state index contributed by atoms with van der Waals surface area (Å²) in [5, 5.41) is 13.8. The highest BCUT2D eigenvalue weighted by atomic mass is 32.2. The molecule has 0 fully saturated rings. The van der Waals surface area contributed by atoms with E-state index < -0.39 is 0 Å². The van der Waals surface area contributed by atoms with Gasteiger partial charge in [-0.3, -0.25) is 5.10 Å². The molecule has 134 valence electrons. The number of thioether (sulfide) groups is 1. The molecule has 4 aromatic rings. The van der Waals surface area contributed by atoms with E-state index >= 15 is 0 Å². The van der Waals surface area contributed by atoms with E-state index in [1.54, 1.807) is 0 Å². The van der Waals surface area contributed by atoms with Gasteiger partial charge in [0.2, 0.25) is 0 Å². The Morgan fingerprint density at radius 3 is 2.89 bits per heavy atom. The number of anilines is 1. The summed E-state index contributed by atoms with van der Waals surface area (Å²) in [6, 6.07) is 11.0. The van der Waals surface area contributed by atoms with Crippen LogP contribution in [0, 0.1) is 0 Å². The number of aromatic nitrogens is 3. The fraction of sp³-hybridized carbons (Fsp3) is 0.273. The normalized spacial score (nSPS) is 18.5. The lowest BCUT2D eigenvalue weighted by Crippen LogP contribution is -2.08. The van der Waals surface area contributed by atoms with Crippen molar-refractivity contribution in [1.82, 2.24) is 15.2 Å². The minimum atomic E-state index is 0.433. The Morgan fingerprint density at radius 1 is 1.07 bits per heavy atom. The van der Waals surface area contributed by atoms with E-state index in [1.807, 2.05) is 18.0 Å². The van der Waals surface area contributed by atoms with Gasteiger partial charge in [0.05, 0.1) is 28.3 Å². The third kappa shape index (κ3) is 2.31. The fourth-order valence-electron chi connectivity index (χ4n) is 4.61. The summed E-state index contributed by atoms with van der Waals surface area (Å²) >= 11 is 1.89. The molecule has 0 spiro atoms. The van der Waals surface area contributed by atoms with Gasteiger partial charge in [-0.25, -0.2) is 4.98 Å². The van der Waals surface area contributed by atoms with E-state index in [2.05, 4.69) is 52.8 Å². The van der Waals surface area contributed by atoms with Crippen molar-refractivity contribution in [2.45, 2.75) is 42.9 Å². The van der Waals surface area contributed by atoms with Crippen LogP contribution in [0.25, 0.3) is 33.1 Å². The molecule has 0 amide bonds. The van der Waals surface area contributed by atoms with Gasteiger partial charge in [-0.2, -0.15) is 5.10 Å². The molecule has 6 rings (SSSR count). The van der Waals surface area contributed by atoms with Crippen molar-refractivity contribution < 1.29 is 0 Å². The predicted octanol–water partition coefficient (Wildman–Crippen LogP) is 5.52. The Balaban J connectivity index is 1.64. The number of pyridine rings is 1. The van der Waals surface area contributed by atoms with Gasteiger partial charge in [-0.05, 0) is 68.0 Å². The zero-order valence-corrected chi connectivity index (χ0v) is 16.0. The number of aromatic amines is 1. The molecule has 1 unspecified atom stereocenters. The first kappa shape index (κ1) is 15.5. The van der Waals surface area contributed by atoms with Crippen LogP contribution < -0.4 is 5.32 Å². The molecule has 2 aliphatic rings. The second-order valence-electron chi connectivity index (χ2n) is 7.53. The number of rotatable bonds is 1. The van der Waals surface area contributed by atoms with Crippen LogP contribution in [-0.4, -0.2) is 20.6 Å². The average Bonchev–Trinajstić information content (AvgIpc) is 3.31.